The lowest BCUT2D eigenvalue weighted by atomic mass is 10.2. The van der Waals surface area contributed by atoms with E-state index >= 15 is 0 Å². The summed E-state index contributed by atoms with van der Waals surface area (Å²) in [5.41, 5.74) is 11.3. The molecule has 0 aliphatic carbocycles. The number of sulfone groups is 1. The minimum absolute atomic E-state index is 0.107. The Hall–Kier alpha value is -1.48. The number of rotatable bonds is 8. The summed E-state index contributed by atoms with van der Waals surface area (Å²) in [7, 11) is -3.31. The predicted octanol–water partition coefficient (Wildman–Crippen LogP) is -1.02. The minimum Gasteiger partial charge on any atom is -0.370 e. The summed E-state index contributed by atoms with van der Waals surface area (Å²) in [6.45, 7) is 2.11. The van der Waals surface area contributed by atoms with Crippen molar-refractivity contribution < 1.29 is 13.2 Å². The van der Waals surface area contributed by atoms with Crippen LogP contribution >= 0.6 is 0 Å². The lowest BCUT2D eigenvalue weighted by molar-refractivity contribution is -0.117. The molecule has 108 valence electrons. The Morgan fingerprint density at radius 3 is 2.74 bits per heavy atom. The third-order valence-corrected chi connectivity index (χ3v) is 4.30. The molecule has 1 rings (SSSR count). The van der Waals surface area contributed by atoms with Gasteiger partial charge in [0.05, 0.1) is 36.0 Å². The molecule has 19 heavy (non-hydrogen) atoms. The Morgan fingerprint density at radius 2 is 2.16 bits per heavy atom. The van der Waals surface area contributed by atoms with Crippen LogP contribution in [0, 0.1) is 0 Å². The number of hydrogen-bond acceptors (Lipinski definition) is 6. The van der Waals surface area contributed by atoms with Gasteiger partial charge in [-0.1, -0.05) is 12.1 Å². The molecule has 0 spiro atoms. The Morgan fingerprint density at radius 1 is 1.47 bits per heavy atom. The average molecular weight is 289 g/mol. The Labute approximate surface area is 112 Å². The van der Waals surface area contributed by atoms with E-state index in [1.54, 1.807) is 6.20 Å². The van der Waals surface area contributed by atoms with Gasteiger partial charge in [-0.05, 0) is 6.42 Å². The molecule has 1 atom stereocenters. The van der Waals surface area contributed by atoms with Crippen molar-refractivity contribution in [1.29, 1.82) is 0 Å². The summed E-state index contributed by atoms with van der Waals surface area (Å²) in [6, 6.07) is -0.194. The Kier molecular flexibility index (Phi) is 5.43. The van der Waals surface area contributed by atoms with Gasteiger partial charge in [-0.15, -0.1) is 5.10 Å². The van der Waals surface area contributed by atoms with E-state index in [0.717, 1.165) is 6.42 Å². The molecule has 0 aliphatic heterocycles. The fourth-order valence-corrected chi connectivity index (χ4v) is 2.57. The first-order chi connectivity index (χ1) is 8.84. The quantitative estimate of drug-likeness (QED) is 0.629. The molecule has 0 saturated carbocycles. The molecule has 0 aromatic carbocycles. The lowest BCUT2D eigenvalue weighted by Gasteiger charge is -2.03. The molecule has 1 aromatic heterocycles. The molecule has 0 aliphatic rings. The molecule has 4 N–H and O–H groups in total. The number of nitrogens with zero attached hydrogens (tertiary/aromatic N) is 3. The zero-order valence-corrected chi connectivity index (χ0v) is 11.6. The molecule has 0 fully saturated rings. The van der Waals surface area contributed by atoms with Crippen LogP contribution in [0.25, 0.3) is 0 Å². The molecule has 9 heteroatoms. The summed E-state index contributed by atoms with van der Waals surface area (Å²) in [6.07, 6.45) is 2.21. The van der Waals surface area contributed by atoms with Gasteiger partial charge in [-0.2, -0.15) is 0 Å². The molecule has 1 aromatic rings. The molecule has 1 amide bonds. The highest BCUT2D eigenvalue weighted by molar-refractivity contribution is 7.91. The van der Waals surface area contributed by atoms with Crippen molar-refractivity contribution >= 4 is 15.7 Å². The van der Waals surface area contributed by atoms with Crippen molar-refractivity contribution in [3.63, 3.8) is 0 Å². The maximum Gasteiger partial charge on any atom is 0.218 e. The van der Waals surface area contributed by atoms with E-state index in [2.05, 4.69) is 10.3 Å². The van der Waals surface area contributed by atoms with E-state index < -0.39 is 15.7 Å². The molecular formula is C10H19N5O3S. The first-order valence-electron chi connectivity index (χ1n) is 5.98. The van der Waals surface area contributed by atoms with Gasteiger partial charge in [0.15, 0.2) is 9.84 Å². The van der Waals surface area contributed by atoms with E-state index in [1.165, 1.54) is 4.68 Å². The molecule has 8 nitrogen and oxygen atoms in total. The third kappa shape index (κ3) is 5.35. The number of amides is 1. The first-order valence-corrected chi connectivity index (χ1v) is 7.80. The fourth-order valence-electron chi connectivity index (χ4n) is 1.39. The number of primary amides is 1. The van der Waals surface area contributed by atoms with Crippen LogP contribution in [0.3, 0.4) is 0 Å². The molecule has 1 heterocycles. The summed E-state index contributed by atoms with van der Waals surface area (Å²) in [4.78, 5) is 10.5. The maximum atomic E-state index is 11.6. The fraction of sp³-hybridized carbons (Fsp3) is 0.700. The second-order valence-corrected chi connectivity index (χ2v) is 6.59. The van der Waals surface area contributed by atoms with E-state index in [-0.39, 0.29) is 30.5 Å². The van der Waals surface area contributed by atoms with Crippen LogP contribution in [0.2, 0.25) is 0 Å². The lowest BCUT2D eigenvalue weighted by Crippen LogP contribution is -2.21. The first kappa shape index (κ1) is 15.6. The normalized spacial score (nSPS) is 13.4. The van der Waals surface area contributed by atoms with Crippen molar-refractivity contribution in [2.45, 2.75) is 32.4 Å². The van der Waals surface area contributed by atoms with E-state index in [9.17, 15) is 13.2 Å². The highest BCUT2D eigenvalue weighted by atomic mass is 32.2. The van der Waals surface area contributed by atoms with E-state index in [1.807, 2.05) is 6.92 Å². The van der Waals surface area contributed by atoms with Crippen LogP contribution in [0.15, 0.2) is 6.20 Å². The van der Waals surface area contributed by atoms with E-state index in [4.69, 9.17) is 11.5 Å². The topological polar surface area (TPSA) is 134 Å². The number of carbonyl (C=O) groups is 1. The van der Waals surface area contributed by atoms with Crippen LogP contribution in [0.1, 0.15) is 31.5 Å². The third-order valence-electron chi connectivity index (χ3n) is 2.67. The number of aromatic nitrogens is 3. The van der Waals surface area contributed by atoms with Gasteiger partial charge in [0, 0.05) is 6.42 Å². The van der Waals surface area contributed by atoms with Crippen LogP contribution in [0.4, 0.5) is 0 Å². The SMILES string of the molecule is CCC(N)c1cn(CCS(=O)(=O)CCC(N)=O)nn1. The van der Waals surface area contributed by atoms with Crippen LogP contribution in [-0.4, -0.2) is 40.8 Å². The highest BCUT2D eigenvalue weighted by Crippen LogP contribution is 2.09. The number of aryl methyl sites for hydroxylation is 1. The van der Waals surface area contributed by atoms with E-state index in [0.29, 0.717) is 5.69 Å². The molecule has 0 radical (unpaired) electrons. The largest absolute Gasteiger partial charge is 0.370 e. The molecule has 0 saturated heterocycles. The van der Waals surface area contributed by atoms with Crippen molar-refractivity contribution in [3.8, 4) is 0 Å². The zero-order valence-electron chi connectivity index (χ0n) is 10.8. The predicted molar refractivity (Wildman–Crippen MR) is 69.7 cm³/mol. The van der Waals surface area contributed by atoms with Gasteiger partial charge in [-0.25, -0.2) is 8.42 Å². The average Bonchev–Trinajstić information content (AvgIpc) is 2.82. The van der Waals surface area contributed by atoms with Crippen molar-refractivity contribution in [3.05, 3.63) is 11.9 Å². The van der Waals surface area contributed by atoms with Crippen molar-refractivity contribution in [2.24, 2.45) is 11.5 Å². The molecule has 1 unspecified atom stereocenters. The van der Waals surface area contributed by atoms with Crippen molar-refractivity contribution in [1.82, 2.24) is 15.0 Å². The Bertz CT molecular complexity index is 525. The standard InChI is InChI=1S/C10H19N5O3S/c1-2-8(11)9-7-15(14-13-9)4-6-19(17,18)5-3-10(12)16/h7-8H,2-6,11H2,1H3,(H2,12,16). The summed E-state index contributed by atoms with van der Waals surface area (Å²) in [5.74, 6) is -0.969. The van der Waals surface area contributed by atoms with Crippen LogP contribution < -0.4 is 11.5 Å². The monoisotopic (exact) mass is 289 g/mol. The second kappa shape index (κ2) is 6.62. The molecular weight excluding hydrogens is 270 g/mol. The van der Waals surface area contributed by atoms with Gasteiger partial charge >= 0.3 is 0 Å². The second-order valence-electron chi connectivity index (χ2n) is 4.29. The summed E-state index contributed by atoms with van der Waals surface area (Å²) < 4.78 is 24.7. The van der Waals surface area contributed by atoms with Gasteiger partial charge in [0.25, 0.3) is 0 Å². The smallest absolute Gasteiger partial charge is 0.218 e. The van der Waals surface area contributed by atoms with Gasteiger partial charge in [0.2, 0.25) is 5.91 Å². The van der Waals surface area contributed by atoms with Crippen LogP contribution in [-0.2, 0) is 21.2 Å². The van der Waals surface area contributed by atoms with Gasteiger partial charge in [0.1, 0.15) is 0 Å². The summed E-state index contributed by atoms with van der Waals surface area (Å²) in [5, 5.41) is 7.69. The van der Waals surface area contributed by atoms with Crippen LogP contribution in [0.5, 0.6) is 0 Å². The maximum absolute atomic E-state index is 11.6. The summed E-state index contributed by atoms with van der Waals surface area (Å²) >= 11 is 0. The molecule has 0 bridgehead atoms. The highest BCUT2D eigenvalue weighted by Gasteiger charge is 2.14. The zero-order chi connectivity index (χ0) is 14.5. The van der Waals surface area contributed by atoms with Crippen molar-refractivity contribution in [2.75, 3.05) is 11.5 Å². The number of carbonyl (C=O) groups excluding carboxylic acids is 1. The van der Waals surface area contributed by atoms with Gasteiger partial charge in [-0.3, -0.25) is 9.48 Å². The number of hydrogen-bond donors (Lipinski definition) is 2. The van der Waals surface area contributed by atoms with Gasteiger partial charge < -0.3 is 11.5 Å². The number of nitrogens with two attached hydrogens (primary N) is 2. The Balaban J connectivity index is 2.52. The minimum atomic E-state index is -3.31.